The van der Waals surface area contributed by atoms with Crippen LogP contribution in [0.2, 0.25) is 0 Å². The predicted molar refractivity (Wildman–Crippen MR) is 54.7 cm³/mol. The molecule has 2 N–H and O–H groups in total. The number of carbonyl (C=O) groups excluding carboxylic acids is 1. The number of likely N-dealkylation sites (N-methyl/N-ethyl adjacent to an activating group) is 1. The average molecular weight is 208 g/mol. The average Bonchev–Trinajstić information content (AvgIpc) is 2.32. The minimum Gasteiger partial charge on any atom is -0.344 e. The zero-order valence-corrected chi connectivity index (χ0v) is 8.53. The molecular formula is C11H13FN2O. The molecular weight excluding hydrogens is 195 g/mol. The van der Waals surface area contributed by atoms with Gasteiger partial charge in [0.2, 0.25) is 5.91 Å². The molecule has 1 aromatic rings. The lowest BCUT2D eigenvalue weighted by molar-refractivity contribution is -0.131. The summed E-state index contributed by atoms with van der Waals surface area (Å²) in [4.78, 5) is 13.3. The van der Waals surface area contributed by atoms with Gasteiger partial charge in [0.15, 0.2) is 0 Å². The summed E-state index contributed by atoms with van der Waals surface area (Å²) in [7, 11) is 1.71. The summed E-state index contributed by atoms with van der Waals surface area (Å²) in [6.45, 7) is 0.586. The zero-order valence-electron chi connectivity index (χ0n) is 8.53. The van der Waals surface area contributed by atoms with Crippen molar-refractivity contribution in [2.24, 2.45) is 5.73 Å². The van der Waals surface area contributed by atoms with Crippen LogP contribution in [-0.4, -0.2) is 24.4 Å². The monoisotopic (exact) mass is 208 g/mol. The van der Waals surface area contributed by atoms with Gasteiger partial charge in [0, 0.05) is 13.6 Å². The molecule has 0 spiro atoms. The maximum atomic E-state index is 13.0. The van der Waals surface area contributed by atoms with Crippen LogP contribution in [0.4, 0.5) is 4.39 Å². The minimum atomic E-state index is -0.659. The molecule has 4 heteroatoms. The molecule has 0 bridgehead atoms. The topological polar surface area (TPSA) is 46.3 Å². The fourth-order valence-electron chi connectivity index (χ4n) is 1.86. The van der Waals surface area contributed by atoms with Crippen LogP contribution in [-0.2, 0) is 11.2 Å². The summed E-state index contributed by atoms with van der Waals surface area (Å²) < 4.78 is 13.0. The van der Waals surface area contributed by atoms with E-state index in [0.29, 0.717) is 13.0 Å². The second-order valence-corrected chi connectivity index (χ2v) is 3.83. The van der Waals surface area contributed by atoms with Gasteiger partial charge in [-0.25, -0.2) is 4.39 Å². The number of nitrogens with zero attached hydrogens (tertiary/aromatic N) is 1. The Labute approximate surface area is 87.7 Å². The Morgan fingerprint density at radius 3 is 3.00 bits per heavy atom. The molecule has 1 heterocycles. The maximum Gasteiger partial charge on any atom is 0.243 e. The van der Waals surface area contributed by atoms with Crippen molar-refractivity contribution in [1.29, 1.82) is 0 Å². The van der Waals surface area contributed by atoms with Crippen molar-refractivity contribution in [1.82, 2.24) is 4.90 Å². The first-order valence-electron chi connectivity index (χ1n) is 4.88. The summed E-state index contributed by atoms with van der Waals surface area (Å²) >= 11 is 0. The van der Waals surface area contributed by atoms with Crippen LogP contribution >= 0.6 is 0 Å². The van der Waals surface area contributed by atoms with E-state index in [1.807, 2.05) is 0 Å². The highest BCUT2D eigenvalue weighted by molar-refractivity contribution is 5.83. The molecule has 0 unspecified atom stereocenters. The number of benzene rings is 1. The van der Waals surface area contributed by atoms with Gasteiger partial charge in [0.1, 0.15) is 11.9 Å². The van der Waals surface area contributed by atoms with E-state index in [1.54, 1.807) is 18.0 Å². The normalized spacial score (nSPS) is 21.1. The molecule has 0 fully saturated rings. The lowest BCUT2D eigenvalue weighted by Gasteiger charge is -2.16. The number of carbonyl (C=O) groups is 1. The van der Waals surface area contributed by atoms with Crippen LogP contribution in [0, 0.1) is 5.82 Å². The van der Waals surface area contributed by atoms with E-state index in [-0.39, 0.29) is 11.7 Å². The molecule has 1 aliphatic heterocycles. The maximum absolute atomic E-state index is 13.0. The largest absolute Gasteiger partial charge is 0.344 e. The van der Waals surface area contributed by atoms with E-state index in [4.69, 9.17) is 5.73 Å². The van der Waals surface area contributed by atoms with Crippen LogP contribution in [0.3, 0.4) is 0 Å². The highest BCUT2D eigenvalue weighted by Gasteiger charge is 2.25. The molecule has 0 radical (unpaired) electrons. The van der Waals surface area contributed by atoms with Crippen molar-refractivity contribution in [3.05, 3.63) is 35.1 Å². The molecule has 0 saturated heterocycles. The minimum absolute atomic E-state index is 0.111. The van der Waals surface area contributed by atoms with Gasteiger partial charge >= 0.3 is 0 Å². The Bertz CT molecular complexity index is 406. The van der Waals surface area contributed by atoms with Crippen LogP contribution < -0.4 is 5.73 Å². The third kappa shape index (κ3) is 1.72. The molecule has 3 nitrogen and oxygen atoms in total. The highest BCUT2D eigenvalue weighted by atomic mass is 19.1. The van der Waals surface area contributed by atoms with Gasteiger partial charge in [-0.3, -0.25) is 4.79 Å². The molecule has 1 amide bonds. The summed E-state index contributed by atoms with van der Waals surface area (Å²) in [5, 5.41) is 0. The van der Waals surface area contributed by atoms with E-state index in [9.17, 15) is 9.18 Å². The third-order valence-corrected chi connectivity index (χ3v) is 2.80. The lowest BCUT2D eigenvalue weighted by Crippen LogP contribution is -2.34. The second-order valence-electron chi connectivity index (χ2n) is 3.83. The fraction of sp³-hybridized carbons (Fsp3) is 0.364. The highest BCUT2D eigenvalue weighted by Crippen LogP contribution is 2.23. The summed E-state index contributed by atoms with van der Waals surface area (Å²) in [6, 6.07) is 3.75. The smallest absolute Gasteiger partial charge is 0.243 e. The SMILES string of the molecule is CN1CCc2cc(F)ccc2[C@H](N)C1=O. The first kappa shape index (κ1) is 10.1. The van der Waals surface area contributed by atoms with Crippen LogP contribution in [0.1, 0.15) is 17.2 Å². The van der Waals surface area contributed by atoms with Gasteiger partial charge in [-0.2, -0.15) is 0 Å². The molecule has 15 heavy (non-hydrogen) atoms. The molecule has 1 aliphatic rings. The Hall–Kier alpha value is -1.42. The van der Waals surface area contributed by atoms with E-state index in [2.05, 4.69) is 0 Å². The Kier molecular flexibility index (Phi) is 2.44. The van der Waals surface area contributed by atoms with E-state index < -0.39 is 6.04 Å². The number of fused-ring (bicyclic) bond motifs is 1. The predicted octanol–water partition coefficient (Wildman–Crippen LogP) is 0.840. The second kappa shape index (κ2) is 3.62. The Morgan fingerprint density at radius 2 is 2.27 bits per heavy atom. The Morgan fingerprint density at radius 1 is 1.53 bits per heavy atom. The molecule has 1 atom stereocenters. The quantitative estimate of drug-likeness (QED) is 0.686. The number of hydrogen-bond donors (Lipinski definition) is 1. The molecule has 80 valence electrons. The first-order valence-corrected chi connectivity index (χ1v) is 4.88. The van der Waals surface area contributed by atoms with Crippen molar-refractivity contribution < 1.29 is 9.18 Å². The third-order valence-electron chi connectivity index (χ3n) is 2.80. The number of hydrogen-bond acceptors (Lipinski definition) is 2. The number of amides is 1. The van der Waals surface area contributed by atoms with Crippen molar-refractivity contribution in [3.8, 4) is 0 Å². The number of rotatable bonds is 0. The number of nitrogens with two attached hydrogens (primary N) is 1. The standard InChI is InChI=1S/C11H13FN2O/c1-14-5-4-7-6-8(12)2-3-9(7)10(13)11(14)15/h2-3,6,10H,4-5,13H2,1H3/t10-/m0/s1. The van der Waals surface area contributed by atoms with Gasteiger partial charge in [-0.05, 0) is 29.7 Å². The van der Waals surface area contributed by atoms with E-state index in [1.165, 1.54) is 12.1 Å². The molecule has 2 rings (SSSR count). The molecule has 0 aromatic heterocycles. The van der Waals surface area contributed by atoms with Gasteiger partial charge in [0.05, 0.1) is 0 Å². The summed E-state index contributed by atoms with van der Waals surface area (Å²) in [5.41, 5.74) is 7.39. The van der Waals surface area contributed by atoms with Gasteiger partial charge in [0.25, 0.3) is 0 Å². The van der Waals surface area contributed by atoms with Crippen molar-refractivity contribution in [2.45, 2.75) is 12.5 Å². The van der Waals surface area contributed by atoms with Crippen LogP contribution in [0.5, 0.6) is 0 Å². The summed E-state index contributed by atoms with van der Waals surface area (Å²) in [5.74, 6) is -0.390. The molecule has 0 saturated carbocycles. The summed E-state index contributed by atoms with van der Waals surface area (Å²) in [6.07, 6.45) is 0.656. The van der Waals surface area contributed by atoms with Crippen molar-refractivity contribution >= 4 is 5.91 Å². The first-order chi connectivity index (χ1) is 7.09. The van der Waals surface area contributed by atoms with Gasteiger partial charge in [-0.1, -0.05) is 6.07 Å². The van der Waals surface area contributed by atoms with E-state index >= 15 is 0 Å². The number of halogens is 1. The zero-order chi connectivity index (χ0) is 11.0. The van der Waals surface area contributed by atoms with Crippen LogP contribution in [0.15, 0.2) is 18.2 Å². The lowest BCUT2D eigenvalue weighted by atomic mass is 10.00. The Balaban J connectivity index is 2.47. The van der Waals surface area contributed by atoms with Crippen molar-refractivity contribution in [3.63, 3.8) is 0 Å². The fourth-order valence-corrected chi connectivity index (χ4v) is 1.86. The molecule has 0 aliphatic carbocycles. The van der Waals surface area contributed by atoms with Gasteiger partial charge in [-0.15, -0.1) is 0 Å². The van der Waals surface area contributed by atoms with Crippen molar-refractivity contribution in [2.75, 3.05) is 13.6 Å². The van der Waals surface area contributed by atoms with Gasteiger partial charge < -0.3 is 10.6 Å². The van der Waals surface area contributed by atoms with Crippen LogP contribution in [0.25, 0.3) is 0 Å². The molecule has 1 aromatic carbocycles. The van der Waals surface area contributed by atoms with E-state index in [0.717, 1.165) is 11.1 Å².